The second kappa shape index (κ2) is 12.2. The van der Waals surface area contributed by atoms with Gasteiger partial charge in [0.15, 0.2) is 11.5 Å². The van der Waals surface area contributed by atoms with Crippen LogP contribution in [0.3, 0.4) is 0 Å². The molecule has 0 amide bonds. The second-order valence-electron chi connectivity index (χ2n) is 8.09. The molecule has 0 N–H and O–H groups in total. The summed E-state index contributed by atoms with van der Waals surface area (Å²) in [6, 6.07) is 17.0. The van der Waals surface area contributed by atoms with E-state index in [4.69, 9.17) is 14.5 Å². The minimum atomic E-state index is -0.198. The van der Waals surface area contributed by atoms with Gasteiger partial charge in [-0.15, -0.1) is 0 Å². The minimum absolute atomic E-state index is 0.198. The summed E-state index contributed by atoms with van der Waals surface area (Å²) < 4.78 is 15.7. The van der Waals surface area contributed by atoms with Crippen molar-refractivity contribution in [1.29, 1.82) is 0 Å². The third-order valence-corrected chi connectivity index (χ3v) is 7.26. The molecule has 0 atom stereocenters. The lowest BCUT2D eigenvalue weighted by molar-refractivity contribution is 0.284. The lowest BCUT2D eigenvalue weighted by Gasteiger charge is -2.12. The van der Waals surface area contributed by atoms with Crippen molar-refractivity contribution in [1.82, 2.24) is 9.66 Å². The topological polar surface area (TPSA) is 65.7 Å². The number of rotatable bonds is 9. The van der Waals surface area contributed by atoms with Gasteiger partial charge in [0.25, 0.3) is 5.56 Å². The zero-order chi connectivity index (χ0) is 25.7. The lowest BCUT2D eigenvalue weighted by atomic mass is 10.2. The van der Waals surface area contributed by atoms with Gasteiger partial charge in [-0.05, 0) is 60.5 Å². The Kier molecular flexibility index (Phi) is 8.98. The molecule has 0 saturated heterocycles. The van der Waals surface area contributed by atoms with Crippen molar-refractivity contribution in [2.24, 2.45) is 5.10 Å². The molecule has 3 aromatic carbocycles. The summed E-state index contributed by atoms with van der Waals surface area (Å²) in [5.41, 5.74) is 2.25. The van der Waals surface area contributed by atoms with E-state index in [1.807, 2.05) is 48.5 Å². The van der Waals surface area contributed by atoms with E-state index >= 15 is 0 Å². The molecule has 1 heterocycles. The van der Waals surface area contributed by atoms with Crippen LogP contribution in [0.5, 0.6) is 11.5 Å². The maximum Gasteiger partial charge on any atom is 0.282 e. The van der Waals surface area contributed by atoms with Crippen molar-refractivity contribution in [3.63, 3.8) is 0 Å². The van der Waals surface area contributed by atoms with Crippen molar-refractivity contribution in [2.75, 3.05) is 7.11 Å². The third kappa shape index (κ3) is 6.25. The molecule has 0 unspecified atom stereocenters. The van der Waals surface area contributed by atoms with Crippen LogP contribution in [0.25, 0.3) is 10.9 Å². The molecule has 186 valence electrons. The summed E-state index contributed by atoms with van der Waals surface area (Å²) in [4.78, 5) is 18.0. The first-order valence-electron chi connectivity index (χ1n) is 11.4. The summed E-state index contributed by atoms with van der Waals surface area (Å²) in [5, 5.41) is 5.04. The van der Waals surface area contributed by atoms with Crippen molar-refractivity contribution < 1.29 is 9.47 Å². The number of aryl methyl sites for hydroxylation is 1. The Morgan fingerprint density at radius 2 is 1.78 bits per heavy atom. The predicted molar refractivity (Wildman–Crippen MR) is 154 cm³/mol. The number of ether oxygens (including phenoxy) is 2. The zero-order valence-corrected chi connectivity index (χ0v) is 24.6. The fourth-order valence-electron chi connectivity index (χ4n) is 3.61. The first-order valence-corrected chi connectivity index (χ1v) is 13.8. The van der Waals surface area contributed by atoms with Gasteiger partial charge in [-0.3, -0.25) is 4.79 Å². The molecule has 36 heavy (non-hydrogen) atoms. The van der Waals surface area contributed by atoms with Crippen LogP contribution in [0, 0.1) is 0 Å². The van der Waals surface area contributed by atoms with E-state index in [2.05, 4.69) is 59.8 Å². The van der Waals surface area contributed by atoms with Crippen LogP contribution >= 0.6 is 47.8 Å². The predicted octanol–water partition coefficient (Wildman–Crippen LogP) is 7.50. The highest BCUT2D eigenvalue weighted by molar-refractivity contribution is 9.11. The lowest BCUT2D eigenvalue weighted by Crippen LogP contribution is -2.22. The zero-order valence-electron chi connectivity index (χ0n) is 19.8. The molecule has 4 rings (SSSR count). The number of benzene rings is 3. The van der Waals surface area contributed by atoms with Gasteiger partial charge in [0.2, 0.25) is 0 Å². The van der Waals surface area contributed by atoms with E-state index in [-0.39, 0.29) is 5.56 Å². The number of hydrogen-bond donors (Lipinski definition) is 0. The normalized spacial score (nSPS) is 11.4. The highest BCUT2D eigenvalue weighted by atomic mass is 79.9. The van der Waals surface area contributed by atoms with E-state index in [9.17, 15) is 4.79 Å². The van der Waals surface area contributed by atoms with Gasteiger partial charge in [-0.1, -0.05) is 67.2 Å². The molecule has 0 radical (unpaired) electrons. The Hall–Kier alpha value is -2.49. The highest BCUT2D eigenvalue weighted by Gasteiger charge is 2.12. The third-order valence-electron chi connectivity index (χ3n) is 5.54. The molecule has 0 fully saturated rings. The summed E-state index contributed by atoms with van der Waals surface area (Å²) in [7, 11) is 1.59. The number of halogens is 3. The first kappa shape index (κ1) is 26.6. The monoisotopic (exact) mass is 675 g/mol. The SMILES string of the molecule is CCCCc1nc2ccc(Br)cc2c(=O)n1N=Cc1ccc(OCc2ccc(Br)cc2Br)c(OC)c1. The van der Waals surface area contributed by atoms with Crippen LogP contribution in [0.2, 0.25) is 0 Å². The maximum absolute atomic E-state index is 13.3. The molecule has 0 aliphatic rings. The van der Waals surface area contributed by atoms with Crippen LogP contribution in [-0.4, -0.2) is 23.0 Å². The Balaban J connectivity index is 1.62. The molecular formula is C27H24Br3N3O3. The Morgan fingerprint density at radius 1 is 1.00 bits per heavy atom. The Morgan fingerprint density at radius 3 is 2.53 bits per heavy atom. The molecule has 4 aromatic rings. The smallest absolute Gasteiger partial charge is 0.282 e. The molecule has 0 saturated carbocycles. The molecule has 1 aromatic heterocycles. The quantitative estimate of drug-likeness (QED) is 0.172. The summed E-state index contributed by atoms with van der Waals surface area (Å²) >= 11 is 10.5. The standard InChI is InChI=1S/C27H24Br3N3O3/c1-3-4-5-26-32-23-10-9-19(28)13-21(23)27(34)33(26)31-15-17-6-11-24(25(12-17)35-2)36-16-18-7-8-20(29)14-22(18)30/h6-15H,3-5,16H2,1-2H3. The van der Waals surface area contributed by atoms with E-state index < -0.39 is 0 Å². The maximum atomic E-state index is 13.3. The molecule has 0 bridgehead atoms. The van der Waals surface area contributed by atoms with Crippen molar-refractivity contribution in [3.05, 3.63) is 95.3 Å². The average molecular weight is 678 g/mol. The van der Waals surface area contributed by atoms with Gasteiger partial charge in [-0.2, -0.15) is 9.78 Å². The van der Waals surface area contributed by atoms with E-state index in [0.29, 0.717) is 41.3 Å². The molecule has 0 aliphatic heterocycles. The molecule has 0 aliphatic carbocycles. The number of aromatic nitrogens is 2. The minimum Gasteiger partial charge on any atom is -0.493 e. The van der Waals surface area contributed by atoms with Crippen molar-refractivity contribution >= 4 is 64.9 Å². The van der Waals surface area contributed by atoms with Gasteiger partial charge >= 0.3 is 0 Å². The van der Waals surface area contributed by atoms with Gasteiger partial charge < -0.3 is 9.47 Å². The number of hydrogen-bond acceptors (Lipinski definition) is 5. The Bertz CT molecular complexity index is 1480. The fourth-order valence-corrected chi connectivity index (χ4v) is 5.14. The largest absolute Gasteiger partial charge is 0.493 e. The van der Waals surface area contributed by atoms with Crippen LogP contribution < -0.4 is 15.0 Å². The first-order chi connectivity index (χ1) is 17.4. The van der Waals surface area contributed by atoms with Crippen LogP contribution in [0.15, 0.2) is 77.9 Å². The second-order valence-corrected chi connectivity index (χ2v) is 10.8. The van der Waals surface area contributed by atoms with Gasteiger partial charge in [-0.25, -0.2) is 4.98 Å². The van der Waals surface area contributed by atoms with Gasteiger partial charge in [0, 0.05) is 25.4 Å². The summed E-state index contributed by atoms with van der Waals surface area (Å²) in [5.74, 6) is 1.83. The van der Waals surface area contributed by atoms with Crippen LogP contribution in [-0.2, 0) is 13.0 Å². The van der Waals surface area contributed by atoms with Gasteiger partial charge in [0.1, 0.15) is 12.4 Å². The summed E-state index contributed by atoms with van der Waals surface area (Å²) in [6.07, 6.45) is 4.21. The number of fused-ring (bicyclic) bond motifs is 1. The molecule has 0 spiro atoms. The Labute approximate surface area is 234 Å². The highest BCUT2D eigenvalue weighted by Crippen LogP contribution is 2.30. The van der Waals surface area contributed by atoms with Crippen molar-refractivity contribution in [2.45, 2.75) is 32.8 Å². The fraction of sp³-hybridized carbons (Fsp3) is 0.222. The van der Waals surface area contributed by atoms with Crippen molar-refractivity contribution in [3.8, 4) is 11.5 Å². The molecule has 6 nitrogen and oxygen atoms in total. The van der Waals surface area contributed by atoms with Crippen LogP contribution in [0.1, 0.15) is 36.7 Å². The molecule has 9 heteroatoms. The number of methoxy groups -OCH3 is 1. The van der Waals surface area contributed by atoms with Crippen LogP contribution in [0.4, 0.5) is 0 Å². The van der Waals surface area contributed by atoms with E-state index in [1.54, 1.807) is 19.4 Å². The average Bonchev–Trinajstić information content (AvgIpc) is 2.87. The molecular weight excluding hydrogens is 654 g/mol. The van der Waals surface area contributed by atoms with Gasteiger partial charge in [0.05, 0.1) is 24.2 Å². The van der Waals surface area contributed by atoms with E-state index in [0.717, 1.165) is 37.4 Å². The number of unbranched alkanes of at least 4 members (excludes halogenated alkanes) is 1. The summed E-state index contributed by atoms with van der Waals surface area (Å²) in [6.45, 7) is 2.49. The van der Waals surface area contributed by atoms with E-state index in [1.165, 1.54) is 4.68 Å². The number of nitrogens with zero attached hydrogens (tertiary/aromatic N) is 3.